The summed E-state index contributed by atoms with van der Waals surface area (Å²) in [6, 6.07) is 14.3. The number of hydrogen-bond donors (Lipinski definition) is 0. The van der Waals surface area contributed by atoms with Gasteiger partial charge in [-0.05, 0) is 64.0 Å². The van der Waals surface area contributed by atoms with Gasteiger partial charge in [-0.25, -0.2) is 19.3 Å². The summed E-state index contributed by atoms with van der Waals surface area (Å²) in [6.07, 6.45) is 7.32. The second-order valence-corrected chi connectivity index (χ2v) is 11.4. The third-order valence-electron chi connectivity index (χ3n) is 7.48. The summed E-state index contributed by atoms with van der Waals surface area (Å²) in [5, 5.41) is 5.89. The Hall–Kier alpha value is -3.98. The molecule has 0 saturated carbocycles. The molecule has 0 radical (unpaired) electrons. The molecule has 0 bridgehead atoms. The number of imidazole rings is 1. The summed E-state index contributed by atoms with van der Waals surface area (Å²) in [5.74, 6) is 0.199. The van der Waals surface area contributed by atoms with Crippen molar-refractivity contribution >= 4 is 40.5 Å². The Morgan fingerprint density at radius 3 is 2.52 bits per heavy atom. The number of carbonyl (C=O) groups is 1. The number of piperidine rings is 1. The van der Waals surface area contributed by atoms with E-state index >= 15 is 0 Å². The number of aromatic nitrogens is 4. The van der Waals surface area contributed by atoms with Crippen LogP contribution in [0.25, 0.3) is 28.7 Å². The van der Waals surface area contributed by atoms with Crippen molar-refractivity contribution in [2.75, 3.05) is 44.3 Å². The van der Waals surface area contributed by atoms with Crippen molar-refractivity contribution in [3.05, 3.63) is 65.7 Å². The summed E-state index contributed by atoms with van der Waals surface area (Å²) in [7, 11) is 0. The van der Waals surface area contributed by atoms with Gasteiger partial charge < -0.3 is 19.3 Å². The van der Waals surface area contributed by atoms with Crippen LogP contribution in [0.3, 0.4) is 0 Å². The third-order valence-corrected chi connectivity index (χ3v) is 7.48. The van der Waals surface area contributed by atoms with Crippen LogP contribution in [0.2, 0.25) is 0 Å². The van der Waals surface area contributed by atoms with Gasteiger partial charge in [0.2, 0.25) is 0 Å². The van der Waals surface area contributed by atoms with Crippen LogP contribution in [0.15, 0.2) is 48.7 Å². The number of fused-ring (bicyclic) bond motifs is 2. The largest absolute Gasteiger partial charge is 0.444 e. The molecule has 0 atom stereocenters. The number of benzene rings is 1. The van der Waals surface area contributed by atoms with Crippen molar-refractivity contribution in [1.82, 2.24) is 24.5 Å². The van der Waals surface area contributed by atoms with E-state index in [1.807, 2.05) is 72.8 Å². The predicted molar refractivity (Wildman–Crippen MR) is 156 cm³/mol. The summed E-state index contributed by atoms with van der Waals surface area (Å²) in [6.45, 7) is 10.0. The number of carbonyl (C=O) groups excluding carboxylic acids is 1. The van der Waals surface area contributed by atoms with E-state index in [4.69, 9.17) is 24.5 Å². The fourth-order valence-corrected chi connectivity index (χ4v) is 5.53. The molecule has 0 aliphatic carbocycles. The van der Waals surface area contributed by atoms with E-state index in [1.54, 1.807) is 0 Å². The number of hydrogen-bond acceptors (Lipinski definition) is 7. The highest BCUT2D eigenvalue weighted by Gasteiger charge is 2.31. The number of likely N-dealkylation sites (tertiary alicyclic amines) is 1. The molecule has 9 nitrogen and oxygen atoms in total. The van der Waals surface area contributed by atoms with E-state index < -0.39 is 5.60 Å². The number of amides is 1. The van der Waals surface area contributed by atoms with Crippen molar-refractivity contribution in [1.29, 1.82) is 0 Å². The van der Waals surface area contributed by atoms with Gasteiger partial charge in [0.1, 0.15) is 5.60 Å². The van der Waals surface area contributed by atoms with Crippen molar-refractivity contribution in [2.45, 2.75) is 45.1 Å². The molecule has 0 N–H and O–H groups in total. The lowest BCUT2D eigenvalue weighted by Gasteiger charge is -2.33. The lowest BCUT2D eigenvalue weighted by Crippen LogP contribution is -2.41. The molecule has 5 heterocycles. The van der Waals surface area contributed by atoms with Gasteiger partial charge in [-0.1, -0.05) is 24.3 Å². The van der Waals surface area contributed by atoms with Crippen molar-refractivity contribution in [3.8, 4) is 0 Å². The molecule has 2 saturated heterocycles. The van der Waals surface area contributed by atoms with E-state index in [2.05, 4.69) is 23.1 Å². The second kappa shape index (κ2) is 10.9. The van der Waals surface area contributed by atoms with Gasteiger partial charge >= 0.3 is 6.09 Å². The molecule has 0 unspecified atom stereocenters. The fourth-order valence-electron chi connectivity index (χ4n) is 5.53. The zero-order valence-corrected chi connectivity index (χ0v) is 23.4. The van der Waals surface area contributed by atoms with Gasteiger partial charge in [-0.3, -0.25) is 0 Å². The predicted octanol–water partition coefficient (Wildman–Crippen LogP) is 5.40. The average Bonchev–Trinajstić information content (AvgIpc) is 3.34. The number of nitrogens with zero attached hydrogens (tertiary/aromatic N) is 6. The van der Waals surface area contributed by atoms with Crippen molar-refractivity contribution in [2.24, 2.45) is 0 Å². The molecule has 208 valence electrons. The van der Waals surface area contributed by atoms with E-state index in [1.165, 1.54) is 0 Å². The van der Waals surface area contributed by atoms with Gasteiger partial charge in [0.25, 0.3) is 0 Å². The molecule has 0 spiro atoms. The Bertz CT molecular complexity index is 1540. The van der Waals surface area contributed by atoms with E-state index in [0.717, 1.165) is 65.3 Å². The maximum Gasteiger partial charge on any atom is 0.410 e. The number of ether oxygens (including phenoxy) is 2. The first-order chi connectivity index (χ1) is 19.4. The monoisotopic (exact) mass is 540 g/mol. The minimum Gasteiger partial charge on any atom is -0.444 e. The molecule has 4 aromatic rings. The number of morpholine rings is 1. The van der Waals surface area contributed by atoms with Crippen LogP contribution >= 0.6 is 0 Å². The zero-order chi connectivity index (χ0) is 27.7. The highest BCUT2D eigenvalue weighted by Crippen LogP contribution is 2.34. The molecule has 6 rings (SSSR count). The Labute approximate surface area is 234 Å². The summed E-state index contributed by atoms with van der Waals surface area (Å²) in [5.41, 5.74) is 5.21. The molecule has 1 aromatic carbocycles. The summed E-state index contributed by atoms with van der Waals surface area (Å²) < 4.78 is 13.2. The fraction of sp³-hybridized carbons (Fsp3) is 0.419. The second-order valence-electron chi connectivity index (χ2n) is 11.4. The molecule has 2 aliphatic heterocycles. The minimum absolute atomic E-state index is 0.199. The van der Waals surface area contributed by atoms with Crippen LogP contribution in [-0.2, 0) is 9.47 Å². The maximum atomic E-state index is 12.7. The zero-order valence-electron chi connectivity index (χ0n) is 23.4. The number of para-hydroxylation sites is 1. The highest BCUT2D eigenvalue weighted by atomic mass is 16.6. The van der Waals surface area contributed by atoms with Gasteiger partial charge in [0.15, 0.2) is 5.65 Å². The molecule has 3 aromatic heterocycles. The standard InChI is InChI=1S/C31H36N6O3/c1-31(2,3)40-30(38)36-16-13-23(14-17-36)28-26(11-10-24-9-8-22-6-4-5-7-25(22)33-24)34-29-27(12-15-32-37(28)29)35-18-20-39-21-19-35/h4-12,15,23H,13-14,16-21H2,1-3H3/b11-10+. The Morgan fingerprint density at radius 2 is 1.75 bits per heavy atom. The van der Waals surface area contributed by atoms with Crippen LogP contribution in [0, 0.1) is 0 Å². The number of anilines is 1. The summed E-state index contributed by atoms with van der Waals surface area (Å²) >= 11 is 0. The van der Waals surface area contributed by atoms with Crippen molar-refractivity contribution < 1.29 is 14.3 Å². The first kappa shape index (κ1) is 26.3. The Morgan fingerprint density at radius 1 is 0.975 bits per heavy atom. The van der Waals surface area contributed by atoms with Crippen LogP contribution in [0.1, 0.15) is 56.6 Å². The SMILES string of the molecule is CC(C)(C)OC(=O)N1CCC(c2c(/C=C/c3ccc4ccccc4n3)nc3c(N4CCOCC4)ccnn23)CC1. The average molecular weight is 541 g/mol. The Balaban J connectivity index is 1.34. The van der Waals surface area contributed by atoms with Crippen LogP contribution in [0.4, 0.5) is 10.5 Å². The maximum absolute atomic E-state index is 12.7. The first-order valence-electron chi connectivity index (χ1n) is 14.1. The molecular weight excluding hydrogens is 504 g/mol. The Kier molecular flexibility index (Phi) is 7.14. The normalized spacial score (nSPS) is 17.3. The van der Waals surface area contributed by atoms with Crippen LogP contribution in [0.5, 0.6) is 0 Å². The van der Waals surface area contributed by atoms with Crippen LogP contribution < -0.4 is 4.90 Å². The highest BCUT2D eigenvalue weighted by molar-refractivity contribution is 5.81. The van der Waals surface area contributed by atoms with E-state index in [-0.39, 0.29) is 12.0 Å². The lowest BCUT2D eigenvalue weighted by atomic mass is 9.92. The number of rotatable bonds is 4. The smallest absolute Gasteiger partial charge is 0.410 e. The quantitative estimate of drug-likeness (QED) is 0.343. The van der Waals surface area contributed by atoms with E-state index in [0.29, 0.717) is 26.3 Å². The van der Waals surface area contributed by atoms with Gasteiger partial charge in [0.05, 0.1) is 47.7 Å². The van der Waals surface area contributed by atoms with E-state index in [9.17, 15) is 4.79 Å². The topological polar surface area (TPSA) is 85.1 Å². The van der Waals surface area contributed by atoms with Gasteiger partial charge in [-0.2, -0.15) is 5.10 Å². The van der Waals surface area contributed by atoms with Gasteiger partial charge in [-0.15, -0.1) is 0 Å². The van der Waals surface area contributed by atoms with Gasteiger partial charge in [0, 0.05) is 37.5 Å². The molecular formula is C31H36N6O3. The van der Waals surface area contributed by atoms with Crippen LogP contribution in [-0.4, -0.2) is 75.6 Å². The molecule has 40 heavy (non-hydrogen) atoms. The summed E-state index contributed by atoms with van der Waals surface area (Å²) in [4.78, 5) is 26.8. The molecule has 2 aliphatic rings. The molecule has 9 heteroatoms. The first-order valence-corrected chi connectivity index (χ1v) is 14.1. The minimum atomic E-state index is -0.510. The van der Waals surface area contributed by atoms with Crippen molar-refractivity contribution in [3.63, 3.8) is 0 Å². The number of pyridine rings is 1. The third kappa shape index (κ3) is 5.51. The molecule has 1 amide bonds. The molecule has 2 fully saturated rings. The lowest BCUT2D eigenvalue weighted by molar-refractivity contribution is 0.0203.